The third-order valence-corrected chi connectivity index (χ3v) is 5.33. The fourth-order valence-electron chi connectivity index (χ4n) is 2.89. The van der Waals surface area contributed by atoms with Gasteiger partial charge in [0.15, 0.2) is 5.76 Å². The Labute approximate surface area is 183 Å². The maximum atomic E-state index is 13.0. The number of sulfonamides is 1. The van der Waals surface area contributed by atoms with Gasteiger partial charge < -0.3 is 9.15 Å². The van der Waals surface area contributed by atoms with Crippen molar-refractivity contribution in [1.82, 2.24) is 0 Å². The van der Waals surface area contributed by atoms with E-state index < -0.39 is 26.8 Å². The summed E-state index contributed by atoms with van der Waals surface area (Å²) in [4.78, 5) is 35.3. The van der Waals surface area contributed by atoms with E-state index in [4.69, 9.17) is 9.15 Å². The number of hydrogen-bond donors (Lipinski definition) is 0. The highest BCUT2D eigenvalue weighted by Gasteiger charge is 2.29. The molecular weight excluding hydrogens is 440 g/mol. The highest BCUT2D eigenvalue weighted by Crippen LogP contribution is 2.27. The molecule has 0 bridgehead atoms. The summed E-state index contributed by atoms with van der Waals surface area (Å²) in [7, 11) is -4.09. The van der Waals surface area contributed by atoms with Crippen LogP contribution in [0.5, 0.6) is 0 Å². The van der Waals surface area contributed by atoms with E-state index in [0.717, 1.165) is 6.26 Å². The molecule has 0 N–H and O–H groups in total. The zero-order valence-electron chi connectivity index (χ0n) is 17.0. The van der Waals surface area contributed by atoms with Crippen LogP contribution < -0.4 is 4.31 Å². The van der Waals surface area contributed by atoms with E-state index in [0.29, 0.717) is 9.87 Å². The van der Waals surface area contributed by atoms with Gasteiger partial charge in [0.2, 0.25) is 10.0 Å². The smallest absolute Gasteiger partial charge is 0.338 e. The van der Waals surface area contributed by atoms with Crippen LogP contribution in [0.2, 0.25) is 0 Å². The number of amides is 1. The normalized spacial score (nSPS) is 11.1. The van der Waals surface area contributed by atoms with Crippen LogP contribution in [0.3, 0.4) is 0 Å². The first-order valence-corrected chi connectivity index (χ1v) is 11.1. The van der Waals surface area contributed by atoms with E-state index in [2.05, 4.69) is 0 Å². The maximum Gasteiger partial charge on any atom is 0.338 e. The van der Waals surface area contributed by atoms with E-state index in [1.807, 2.05) is 0 Å². The number of hydrogen-bond acceptors (Lipinski definition) is 8. The van der Waals surface area contributed by atoms with E-state index >= 15 is 0 Å². The number of anilines is 1. The fourth-order valence-corrected chi connectivity index (χ4v) is 3.78. The van der Waals surface area contributed by atoms with Crippen molar-refractivity contribution in [3.8, 4) is 11.3 Å². The number of non-ortho nitro benzene ring substituents is 1. The van der Waals surface area contributed by atoms with Gasteiger partial charge in [0, 0.05) is 17.7 Å². The molecule has 0 atom stereocenters. The molecule has 11 heteroatoms. The fraction of sp³-hybridized carbons (Fsp3) is 0.143. The van der Waals surface area contributed by atoms with E-state index in [1.54, 1.807) is 6.92 Å². The van der Waals surface area contributed by atoms with Gasteiger partial charge in [-0.2, -0.15) is 0 Å². The summed E-state index contributed by atoms with van der Waals surface area (Å²) in [5.74, 6) is -1.68. The first kappa shape index (κ1) is 22.7. The summed E-state index contributed by atoms with van der Waals surface area (Å²) in [5.41, 5.74) is 0.374. The van der Waals surface area contributed by atoms with Crippen molar-refractivity contribution >= 4 is 33.3 Å². The Morgan fingerprint density at radius 2 is 1.78 bits per heavy atom. The maximum absolute atomic E-state index is 13.0. The summed E-state index contributed by atoms with van der Waals surface area (Å²) in [6.07, 6.45) is 0.849. The monoisotopic (exact) mass is 458 g/mol. The molecule has 32 heavy (non-hydrogen) atoms. The second-order valence-electron chi connectivity index (χ2n) is 6.57. The van der Waals surface area contributed by atoms with Gasteiger partial charge in [-0.15, -0.1) is 0 Å². The van der Waals surface area contributed by atoms with E-state index in [1.165, 1.54) is 60.7 Å². The van der Waals surface area contributed by atoms with Crippen molar-refractivity contribution in [3.63, 3.8) is 0 Å². The molecule has 0 saturated carbocycles. The van der Waals surface area contributed by atoms with E-state index in [-0.39, 0.29) is 35.1 Å². The van der Waals surface area contributed by atoms with Crippen LogP contribution in [-0.4, -0.2) is 38.1 Å². The SMILES string of the molecule is CCOC(=O)c1cccc(N(C(=O)c2ccc(-c3ccc([N+](=O)[O-])cc3)o2)S(C)(=O)=O)c1. The lowest BCUT2D eigenvalue weighted by Crippen LogP contribution is -2.36. The van der Waals surface area contributed by atoms with Crippen LogP contribution in [0.1, 0.15) is 27.8 Å². The Morgan fingerprint density at radius 3 is 2.38 bits per heavy atom. The van der Waals surface area contributed by atoms with Gasteiger partial charge in [0.1, 0.15) is 5.76 Å². The average molecular weight is 458 g/mol. The molecule has 10 nitrogen and oxygen atoms in total. The summed E-state index contributed by atoms with van der Waals surface area (Å²) < 4.78 is 35.8. The van der Waals surface area contributed by atoms with Crippen LogP contribution >= 0.6 is 0 Å². The van der Waals surface area contributed by atoms with Crippen LogP contribution in [0, 0.1) is 10.1 Å². The van der Waals surface area contributed by atoms with Crippen molar-refractivity contribution in [2.45, 2.75) is 6.92 Å². The Morgan fingerprint density at radius 1 is 1.09 bits per heavy atom. The lowest BCUT2D eigenvalue weighted by atomic mass is 10.1. The predicted molar refractivity (Wildman–Crippen MR) is 115 cm³/mol. The highest BCUT2D eigenvalue weighted by atomic mass is 32.2. The lowest BCUT2D eigenvalue weighted by Gasteiger charge is -2.19. The molecule has 0 saturated heterocycles. The van der Waals surface area contributed by atoms with Gasteiger partial charge in [-0.3, -0.25) is 14.9 Å². The van der Waals surface area contributed by atoms with Crippen LogP contribution in [0.25, 0.3) is 11.3 Å². The molecule has 3 rings (SSSR count). The molecule has 0 radical (unpaired) electrons. The summed E-state index contributed by atoms with van der Waals surface area (Å²) in [6.45, 7) is 1.77. The number of nitrogens with zero attached hydrogens (tertiary/aromatic N) is 2. The van der Waals surface area contributed by atoms with Gasteiger partial charge in [-0.05, 0) is 49.4 Å². The number of carbonyl (C=O) groups excluding carboxylic acids is 2. The predicted octanol–water partition coefficient (Wildman–Crippen LogP) is 3.64. The minimum atomic E-state index is -4.09. The number of rotatable bonds is 7. The second kappa shape index (κ2) is 9.02. The number of nitro benzene ring substituents is 1. The molecule has 1 amide bonds. The van der Waals surface area contributed by atoms with Crippen LogP contribution in [-0.2, 0) is 14.8 Å². The first-order chi connectivity index (χ1) is 15.1. The summed E-state index contributed by atoms with van der Waals surface area (Å²) >= 11 is 0. The molecule has 0 aliphatic carbocycles. The van der Waals surface area contributed by atoms with Gasteiger partial charge in [0.25, 0.3) is 5.69 Å². The number of nitro groups is 1. The van der Waals surface area contributed by atoms with Gasteiger partial charge in [-0.1, -0.05) is 6.07 Å². The molecule has 2 aromatic carbocycles. The minimum absolute atomic E-state index is 0.0589. The molecule has 0 aliphatic rings. The lowest BCUT2D eigenvalue weighted by molar-refractivity contribution is -0.384. The highest BCUT2D eigenvalue weighted by molar-refractivity contribution is 7.92. The second-order valence-corrected chi connectivity index (χ2v) is 8.40. The molecule has 0 unspecified atom stereocenters. The molecular formula is C21H18N2O8S. The van der Waals surface area contributed by atoms with Gasteiger partial charge >= 0.3 is 11.9 Å². The van der Waals surface area contributed by atoms with Crippen molar-refractivity contribution in [3.05, 3.63) is 82.1 Å². The molecule has 0 fully saturated rings. The van der Waals surface area contributed by atoms with Crippen molar-refractivity contribution in [2.24, 2.45) is 0 Å². The molecule has 0 spiro atoms. The minimum Gasteiger partial charge on any atom is -0.462 e. The Kier molecular flexibility index (Phi) is 6.40. The topological polar surface area (TPSA) is 137 Å². The third kappa shape index (κ3) is 4.83. The average Bonchev–Trinajstić information content (AvgIpc) is 3.24. The third-order valence-electron chi connectivity index (χ3n) is 4.29. The number of furan rings is 1. The number of ether oxygens (including phenoxy) is 1. The summed E-state index contributed by atoms with van der Waals surface area (Å²) in [6, 6.07) is 13.7. The molecule has 1 aromatic heterocycles. The van der Waals surface area contributed by atoms with Crippen molar-refractivity contribution in [2.75, 3.05) is 17.2 Å². The molecule has 0 aliphatic heterocycles. The summed E-state index contributed by atoms with van der Waals surface area (Å²) in [5, 5.41) is 10.8. The van der Waals surface area contributed by atoms with Crippen LogP contribution in [0.15, 0.2) is 65.1 Å². The van der Waals surface area contributed by atoms with Crippen molar-refractivity contribution < 1.29 is 32.1 Å². The number of esters is 1. The molecule has 3 aromatic rings. The van der Waals surface area contributed by atoms with Gasteiger partial charge in [-0.25, -0.2) is 17.5 Å². The zero-order chi connectivity index (χ0) is 23.5. The quantitative estimate of drug-likeness (QED) is 0.297. The van der Waals surface area contributed by atoms with Crippen molar-refractivity contribution in [1.29, 1.82) is 0 Å². The standard InChI is InChI=1S/C21H18N2O8S/c1-3-30-21(25)15-5-4-6-17(13-15)22(32(2,28)29)20(24)19-12-11-18(31-19)14-7-9-16(10-8-14)23(26)27/h4-13H,3H2,1-2H3. The Hall–Kier alpha value is -3.99. The number of benzene rings is 2. The van der Waals surface area contributed by atoms with Crippen LogP contribution in [0.4, 0.5) is 11.4 Å². The number of carbonyl (C=O) groups is 2. The Balaban J connectivity index is 1.96. The zero-order valence-corrected chi connectivity index (χ0v) is 17.9. The van der Waals surface area contributed by atoms with E-state index in [9.17, 15) is 28.1 Å². The largest absolute Gasteiger partial charge is 0.462 e. The first-order valence-electron chi connectivity index (χ1n) is 9.28. The Bertz CT molecular complexity index is 1280. The molecule has 1 heterocycles. The molecule has 166 valence electrons. The van der Waals surface area contributed by atoms with Gasteiger partial charge in [0.05, 0.1) is 29.0 Å².